The molecule has 0 radical (unpaired) electrons. The van der Waals surface area contributed by atoms with E-state index in [0.29, 0.717) is 25.5 Å². The van der Waals surface area contributed by atoms with Crippen molar-refractivity contribution in [3.05, 3.63) is 47.7 Å². The summed E-state index contributed by atoms with van der Waals surface area (Å²) in [5.74, 6) is -0.325. The van der Waals surface area contributed by atoms with E-state index in [2.05, 4.69) is 66.2 Å². The molecule has 1 heterocycles. The summed E-state index contributed by atoms with van der Waals surface area (Å²) in [4.78, 5) is 14.0. The first-order valence-corrected chi connectivity index (χ1v) is 19.5. The molecule has 0 spiro atoms. The second-order valence-electron chi connectivity index (χ2n) is 13.3. The number of carbonyl (C=O) groups is 1. The van der Waals surface area contributed by atoms with Gasteiger partial charge in [0.1, 0.15) is 12.3 Å². The highest BCUT2D eigenvalue weighted by atomic mass is 28.4. The number of carbonyl (C=O) groups excluding carboxylic acids is 1. The largest absolute Gasteiger partial charge is 0.410 e. The summed E-state index contributed by atoms with van der Waals surface area (Å²) in [5.41, 5.74) is 2.08. The van der Waals surface area contributed by atoms with Crippen LogP contribution in [0.2, 0.25) is 43.8 Å². The van der Waals surface area contributed by atoms with Gasteiger partial charge in [0.15, 0.2) is 8.32 Å². The summed E-state index contributed by atoms with van der Waals surface area (Å²) in [6.07, 6.45) is 0.317. The Morgan fingerprint density at radius 2 is 1.80 bits per heavy atom. The highest BCUT2D eigenvalue weighted by molar-refractivity contribution is 6.76. The van der Waals surface area contributed by atoms with Gasteiger partial charge in [-0.2, -0.15) is 0 Å². The Bertz CT molecular complexity index is 1150. The molecule has 35 heavy (non-hydrogen) atoms. The zero-order valence-electron chi connectivity index (χ0n) is 22.8. The van der Waals surface area contributed by atoms with Crippen LogP contribution in [-0.2, 0) is 15.9 Å². The zero-order valence-corrected chi connectivity index (χ0v) is 24.8. The minimum Gasteiger partial charge on any atom is -0.410 e. The van der Waals surface area contributed by atoms with Crippen molar-refractivity contribution in [1.82, 2.24) is 4.57 Å². The highest BCUT2D eigenvalue weighted by Crippen LogP contribution is 2.53. The van der Waals surface area contributed by atoms with E-state index >= 15 is 0 Å². The lowest BCUT2D eigenvalue weighted by Gasteiger charge is -2.48. The van der Waals surface area contributed by atoms with Crippen LogP contribution in [0.4, 0.5) is 0 Å². The van der Waals surface area contributed by atoms with Gasteiger partial charge >= 0.3 is 0 Å². The van der Waals surface area contributed by atoms with Gasteiger partial charge in [0, 0.05) is 32.4 Å². The second-order valence-corrected chi connectivity index (χ2v) is 23.7. The first kappa shape index (κ1) is 26.5. The van der Waals surface area contributed by atoms with Crippen LogP contribution < -0.4 is 0 Å². The third-order valence-corrected chi connectivity index (χ3v) is 14.6. The minimum atomic E-state index is -2.12. The molecule has 0 saturated heterocycles. The van der Waals surface area contributed by atoms with Gasteiger partial charge < -0.3 is 18.8 Å². The predicted molar refractivity (Wildman–Crippen MR) is 149 cm³/mol. The molecule has 0 amide bonds. The molecule has 2 aromatic rings. The van der Waals surface area contributed by atoms with Crippen LogP contribution in [0, 0.1) is 0 Å². The lowest BCUT2D eigenvalue weighted by atomic mass is 9.64. The number of fused-ring (bicyclic) bond motifs is 6. The van der Waals surface area contributed by atoms with Crippen LogP contribution in [-0.4, -0.2) is 50.2 Å². The standard InChI is InChI=1S/C28H43NO4Si2/c1-19-21-16-28(31,17-23(19)33-35(8,9)27(2,3)4)26(30)25-24(21)20-12-10-11-13-22(20)29(25)18-32-14-15-34(5,6)7/h10-13,21,23,31H,1,14-18H2,2-9H3/t21-,23-,28-/m1/s1. The number of aromatic nitrogens is 1. The van der Waals surface area contributed by atoms with Crippen molar-refractivity contribution in [2.45, 2.75) is 102 Å². The van der Waals surface area contributed by atoms with Crippen LogP contribution >= 0.6 is 0 Å². The van der Waals surface area contributed by atoms with Crippen LogP contribution in [0.25, 0.3) is 10.9 Å². The summed E-state index contributed by atoms with van der Waals surface area (Å²) >= 11 is 0. The van der Waals surface area contributed by atoms with E-state index in [0.717, 1.165) is 28.1 Å². The number of rotatable bonds is 7. The van der Waals surface area contributed by atoms with E-state index in [1.807, 2.05) is 22.8 Å². The van der Waals surface area contributed by atoms with E-state index in [4.69, 9.17) is 9.16 Å². The molecule has 1 aromatic heterocycles. The van der Waals surface area contributed by atoms with E-state index < -0.39 is 22.0 Å². The average Bonchev–Trinajstić information content (AvgIpc) is 3.05. The molecule has 1 saturated carbocycles. The quantitative estimate of drug-likeness (QED) is 0.254. The first-order valence-electron chi connectivity index (χ1n) is 12.9. The number of hydrogen-bond acceptors (Lipinski definition) is 4. The molecule has 2 aliphatic rings. The molecule has 4 rings (SSSR count). The topological polar surface area (TPSA) is 60.7 Å². The summed E-state index contributed by atoms with van der Waals surface area (Å²) in [7, 11) is -3.34. The average molecular weight is 514 g/mol. The molecular weight excluding hydrogens is 470 g/mol. The Kier molecular flexibility index (Phi) is 6.68. The fourth-order valence-corrected chi connectivity index (χ4v) is 7.21. The van der Waals surface area contributed by atoms with Crippen molar-refractivity contribution in [1.29, 1.82) is 0 Å². The molecular formula is C28H43NO4Si2. The van der Waals surface area contributed by atoms with Gasteiger partial charge in [0.25, 0.3) is 0 Å². The van der Waals surface area contributed by atoms with Crippen LogP contribution in [0.3, 0.4) is 0 Å². The summed E-state index contributed by atoms with van der Waals surface area (Å²) < 4.78 is 14.8. The molecule has 2 bridgehead atoms. The smallest absolute Gasteiger partial charge is 0.211 e. The van der Waals surface area contributed by atoms with E-state index in [1.165, 1.54) is 0 Å². The molecule has 0 aliphatic heterocycles. The Morgan fingerprint density at radius 3 is 2.43 bits per heavy atom. The van der Waals surface area contributed by atoms with Crippen molar-refractivity contribution in [2.75, 3.05) is 6.61 Å². The Labute approximate surface area is 212 Å². The van der Waals surface area contributed by atoms with Crippen molar-refractivity contribution >= 4 is 33.1 Å². The third-order valence-electron chi connectivity index (χ3n) is 8.38. The number of aliphatic hydroxyl groups is 1. The van der Waals surface area contributed by atoms with Gasteiger partial charge in [-0.1, -0.05) is 65.2 Å². The minimum absolute atomic E-state index is 0.0287. The maximum atomic E-state index is 14.0. The molecule has 1 fully saturated rings. The third kappa shape index (κ3) is 4.78. The van der Waals surface area contributed by atoms with Crippen LogP contribution in [0.15, 0.2) is 36.4 Å². The number of nitrogens with zero attached hydrogens (tertiary/aromatic N) is 1. The number of Topliss-reactive ketones (excluding diaryl/α,β-unsaturated/α-hetero) is 1. The fraction of sp³-hybridized carbons (Fsp3) is 0.607. The van der Waals surface area contributed by atoms with Gasteiger partial charge in [0.05, 0.1) is 17.3 Å². The van der Waals surface area contributed by atoms with Gasteiger partial charge in [-0.15, -0.1) is 0 Å². The number of ketones is 1. The highest BCUT2D eigenvalue weighted by Gasteiger charge is 2.55. The van der Waals surface area contributed by atoms with E-state index in [9.17, 15) is 9.90 Å². The lowest BCUT2D eigenvalue weighted by molar-refractivity contribution is -0.0177. The van der Waals surface area contributed by atoms with Crippen LogP contribution in [0.5, 0.6) is 0 Å². The van der Waals surface area contributed by atoms with Crippen molar-refractivity contribution in [3.63, 3.8) is 0 Å². The Morgan fingerprint density at radius 1 is 1.14 bits per heavy atom. The maximum Gasteiger partial charge on any atom is 0.211 e. The molecule has 0 unspecified atom stereocenters. The normalized spacial score (nSPS) is 25.3. The molecule has 1 aromatic carbocycles. The monoisotopic (exact) mass is 513 g/mol. The second kappa shape index (κ2) is 8.80. The number of para-hydroxylation sites is 1. The maximum absolute atomic E-state index is 14.0. The van der Waals surface area contributed by atoms with E-state index in [1.54, 1.807) is 0 Å². The van der Waals surface area contributed by atoms with E-state index in [-0.39, 0.29) is 29.3 Å². The summed E-state index contributed by atoms with van der Waals surface area (Å²) in [5, 5.41) is 12.8. The Hall–Kier alpha value is -1.52. The molecule has 1 N–H and O–H groups in total. The SMILES string of the molecule is C=C1[C@H]2C[C@@](O)(C[C@H]1O[Si](C)(C)C(C)(C)C)C(=O)c1c2c2ccccc2n1COCC[Si](C)(C)C. The molecule has 3 atom stereocenters. The van der Waals surface area contributed by atoms with Crippen LogP contribution in [0.1, 0.15) is 55.6 Å². The van der Waals surface area contributed by atoms with Gasteiger partial charge in [-0.05, 0) is 47.8 Å². The lowest BCUT2D eigenvalue weighted by Crippen LogP contribution is -2.55. The Balaban J connectivity index is 1.75. The molecule has 192 valence electrons. The number of benzene rings is 1. The first-order chi connectivity index (χ1) is 16.1. The van der Waals surface area contributed by atoms with Crippen molar-refractivity contribution in [3.8, 4) is 0 Å². The zero-order chi connectivity index (χ0) is 26.0. The molecule has 7 heteroatoms. The van der Waals surface area contributed by atoms with Gasteiger partial charge in [-0.25, -0.2) is 0 Å². The van der Waals surface area contributed by atoms with Crippen molar-refractivity contribution in [2.24, 2.45) is 0 Å². The fourth-order valence-electron chi connectivity index (χ4n) is 5.15. The molecule has 2 aliphatic carbocycles. The summed E-state index contributed by atoms with van der Waals surface area (Å²) in [6.45, 7) is 23.5. The molecule has 5 nitrogen and oxygen atoms in total. The number of hydrogen-bond donors (Lipinski definition) is 1. The predicted octanol–water partition coefficient (Wildman–Crippen LogP) is 6.71. The number of ether oxygens (including phenoxy) is 1. The van der Waals surface area contributed by atoms with Gasteiger partial charge in [-0.3, -0.25) is 4.79 Å². The van der Waals surface area contributed by atoms with Crippen molar-refractivity contribution < 1.29 is 19.1 Å². The summed E-state index contributed by atoms with van der Waals surface area (Å²) in [6, 6.07) is 9.20. The van der Waals surface area contributed by atoms with Gasteiger partial charge in [0.2, 0.25) is 5.78 Å².